The number of nitriles is 1. The Kier molecular flexibility index (Phi) is 3.85. The van der Waals surface area contributed by atoms with Gasteiger partial charge in [-0.1, -0.05) is 35.8 Å². The molecule has 0 radical (unpaired) electrons. The van der Waals surface area contributed by atoms with Crippen LogP contribution < -0.4 is 0 Å². The summed E-state index contributed by atoms with van der Waals surface area (Å²) >= 11 is 5.19. The van der Waals surface area contributed by atoms with Gasteiger partial charge in [0, 0.05) is 9.37 Å². The van der Waals surface area contributed by atoms with E-state index in [2.05, 4.69) is 48.0 Å². The van der Waals surface area contributed by atoms with Crippen molar-refractivity contribution in [3.63, 3.8) is 0 Å². The fourth-order valence-corrected chi connectivity index (χ4v) is 4.19. The van der Waals surface area contributed by atoms with E-state index >= 15 is 0 Å². The predicted octanol–water partition coefficient (Wildman–Crippen LogP) is 4.87. The highest BCUT2D eigenvalue weighted by molar-refractivity contribution is 9.10. The highest BCUT2D eigenvalue weighted by atomic mass is 79.9. The topological polar surface area (TPSA) is 23.8 Å². The average Bonchev–Trinajstić information content (AvgIpc) is 2.22. The number of halogens is 1. The Bertz CT molecular complexity index is 444. The summed E-state index contributed by atoms with van der Waals surface area (Å²) in [6, 6.07) is 10.7. The minimum atomic E-state index is -0.185. The predicted molar refractivity (Wildman–Crippen MR) is 75.9 cm³/mol. The summed E-state index contributed by atoms with van der Waals surface area (Å²) in [7, 11) is 0. The van der Waals surface area contributed by atoms with E-state index in [4.69, 9.17) is 0 Å². The maximum atomic E-state index is 9.38. The van der Waals surface area contributed by atoms with E-state index in [1.807, 2.05) is 12.1 Å². The first kappa shape index (κ1) is 13.0. The molecule has 1 aliphatic rings. The lowest BCUT2D eigenvalue weighted by Gasteiger charge is -2.44. The summed E-state index contributed by atoms with van der Waals surface area (Å²) in [6.45, 7) is 4.49. The van der Waals surface area contributed by atoms with Gasteiger partial charge in [-0.25, -0.2) is 0 Å². The van der Waals surface area contributed by atoms with Crippen molar-refractivity contribution in [2.45, 2.75) is 36.3 Å². The van der Waals surface area contributed by atoms with E-state index in [0.717, 1.165) is 17.3 Å². The molecule has 1 saturated carbocycles. The highest BCUT2D eigenvalue weighted by Gasteiger charge is 2.46. The molecule has 1 nitrogen and oxygen atoms in total. The molecular weight excluding hydrogens is 294 g/mol. The number of hydrogen-bond acceptors (Lipinski definition) is 2. The zero-order chi connectivity index (χ0) is 12.5. The van der Waals surface area contributed by atoms with E-state index < -0.39 is 0 Å². The fourth-order valence-electron chi connectivity index (χ4n) is 2.21. The Hall–Kier alpha value is -0.460. The second kappa shape index (κ2) is 5.04. The van der Waals surface area contributed by atoms with Crippen molar-refractivity contribution in [3.05, 3.63) is 28.7 Å². The first-order chi connectivity index (χ1) is 8.04. The van der Waals surface area contributed by atoms with E-state index in [0.29, 0.717) is 11.8 Å². The molecule has 0 N–H and O–H groups in total. The molecule has 0 amide bonds. The van der Waals surface area contributed by atoms with Gasteiger partial charge in [0.15, 0.2) is 0 Å². The lowest BCUT2D eigenvalue weighted by molar-refractivity contribution is 0.207. The molecule has 1 aromatic rings. The van der Waals surface area contributed by atoms with Crippen LogP contribution in [0.3, 0.4) is 0 Å². The molecule has 0 spiro atoms. The maximum absolute atomic E-state index is 9.38. The summed E-state index contributed by atoms with van der Waals surface area (Å²) in [6.07, 6.45) is 2.05. The summed E-state index contributed by atoms with van der Waals surface area (Å²) in [4.78, 5) is 1.18. The Labute approximate surface area is 116 Å². The molecule has 3 heteroatoms. The second-order valence-electron chi connectivity index (χ2n) is 5.08. The van der Waals surface area contributed by atoms with Crippen molar-refractivity contribution in [2.24, 2.45) is 11.8 Å². The van der Waals surface area contributed by atoms with Gasteiger partial charge in [0.05, 0.1) is 6.07 Å². The largest absolute Gasteiger partial charge is 0.197 e. The van der Waals surface area contributed by atoms with Crippen molar-refractivity contribution >= 4 is 27.7 Å². The molecule has 90 valence electrons. The summed E-state index contributed by atoms with van der Waals surface area (Å²) in [5, 5.41) is 9.38. The van der Waals surface area contributed by atoms with Crippen LogP contribution in [0, 0.1) is 23.2 Å². The molecule has 17 heavy (non-hydrogen) atoms. The normalized spacial score (nSPS) is 27.6. The quantitative estimate of drug-likeness (QED) is 0.795. The molecule has 1 aromatic carbocycles. The fraction of sp³-hybridized carbons (Fsp3) is 0.500. The van der Waals surface area contributed by atoms with Gasteiger partial charge in [-0.2, -0.15) is 5.26 Å². The standard InChI is InChI=1S/C14H16BrNS/c1-10(2)11-7-14(8-11,9-16)17-13-5-3-4-12(15)6-13/h3-6,10-11H,7-8H2,1-2H3. The van der Waals surface area contributed by atoms with E-state index in [1.54, 1.807) is 11.8 Å². The number of hydrogen-bond donors (Lipinski definition) is 0. The summed E-state index contributed by atoms with van der Waals surface area (Å²) in [5.41, 5.74) is 0. The van der Waals surface area contributed by atoms with Crippen molar-refractivity contribution in [1.82, 2.24) is 0 Å². The third kappa shape index (κ3) is 2.86. The van der Waals surface area contributed by atoms with Crippen LogP contribution in [-0.4, -0.2) is 4.75 Å². The van der Waals surface area contributed by atoms with Crippen LogP contribution in [-0.2, 0) is 0 Å². The number of nitrogens with zero attached hydrogens (tertiary/aromatic N) is 1. The van der Waals surface area contributed by atoms with Gasteiger partial charge >= 0.3 is 0 Å². The van der Waals surface area contributed by atoms with Crippen LogP contribution >= 0.6 is 27.7 Å². The molecule has 0 saturated heterocycles. The summed E-state index contributed by atoms with van der Waals surface area (Å²) < 4.78 is 0.894. The summed E-state index contributed by atoms with van der Waals surface area (Å²) in [5.74, 6) is 1.41. The minimum absolute atomic E-state index is 0.185. The highest BCUT2D eigenvalue weighted by Crippen LogP contribution is 2.52. The minimum Gasteiger partial charge on any atom is -0.197 e. The van der Waals surface area contributed by atoms with Crippen molar-refractivity contribution in [2.75, 3.05) is 0 Å². The molecule has 0 bridgehead atoms. The van der Waals surface area contributed by atoms with Crippen LogP contribution in [0.5, 0.6) is 0 Å². The van der Waals surface area contributed by atoms with Gasteiger partial charge in [0.1, 0.15) is 4.75 Å². The van der Waals surface area contributed by atoms with Crippen molar-refractivity contribution in [3.8, 4) is 6.07 Å². The molecule has 0 unspecified atom stereocenters. The Balaban J connectivity index is 2.06. The maximum Gasteiger partial charge on any atom is 0.108 e. The zero-order valence-electron chi connectivity index (χ0n) is 10.1. The molecule has 1 aliphatic carbocycles. The molecular formula is C14H16BrNS. The zero-order valence-corrected chi connectivity index (χ0v) is 12.5. The molecule has 0 aliphatic heterocycles. The second-order valence-corrected chi connectivity index (χ2v) is 7.45. The van der Waals surface area contributed by atoms with Gasteiger partial charge in [0.2, 0.25) is 0 Å². The number of thioether (sulfide) groups is 1. The number of rotatable bonds is 3. The van der Waals surface area contributed by atoms with Crippen LogP contribution in [0.15, 0.2) is 33.6 Å². The molecule has 0 aromatic heterocycles. The molecule has 0 heterocycles. The molecule has 1 fully saturated rings. The Morgan fingerprint density at radius 3 is 2.71 bits per heavy atom. The van der Waals surface area contributed by atoms with Crippen LogP contribution in [0.1, 0.15) is 26.7 Å². The van der Waals surface area contributed by atoms with Crippen molar-refractivity contribution < 1.29 is 0 Å². The van der Waals surface area contributed by atoms with E-state index in [1.165, 1.54) is 4.90 Å². The first-order valence-corrected chi connectivity index (χ1v) is 7.51. The van der Waals surface area contributed by atoms with Crippen LogP contribution in [0.2, 0.25) is 0 Å². The van der Waals surface area contributed by atoms with Gasteiger partial charge < -0.3 is 0 Å². The monoisotopic (exact) mass is 309 g/mol. The number of benzene rings is 1. The third-order valence-corrected chi connectivity index (χ3v) is 5.24. The third-order valence-electron chi connectivity index (χ3n) is 3.44. The Morgan fingerprint density at radius 2 is 2.18 bits per heavy atom. The first-order valence-electron chi connectivity index (χ1n) is 5.90. The van der Waals surface area contributed by atoms with Gasteiger partial charge in [-0.15, -0.1) is 11.8 Å². The van der Waals surface area contributed by atoms with E-state index in [9.17, 15) is 5.26 Å². The average molecular weight is 310 g/mol. The van der Waals surface area contributed by atoms with Gasteiger partial charge in [0.25, 0.3) is 0 Å². The van der Waals surface area contributed by atoms with Crippen LogP contribution in [0.25, 0.3) is 0 Å². The van der Waals surface area contributed by atoms with Crippen LogP contribution in [0.4, 0.5) is 0 Å². The van der Waals surface area contributed by atoms with Gasteiger partial charge in [-0.3, -0.25) is 0 Å². The SMILES string of the molecule is CC(C)C1CC(C#N)(Sc2cccc(Br)c2)C1. The lowest BCUT2D eigenvalue weighted by Crippen LogP contribution is -2.41. The molecule has 0 atom stereocenters. The Morgan fingerprint density at radius 1 is 1.47 bits per heavy atom. The lowest BCUT2D eigenvalue weighted by atomic mass is 9.69. The molecule has 2 rings (SSSR count). The van der Waals surface area contributed by atoms with E-state index in [-0.39, 0.29) is 4.75 Å². The van der Waals surface area contributed by atoms with Crippen molar-refractivity contribution in [1.29, 1.82) is 5.26 Å². The van der Waals surface area contributed by atoms with Gasteiger partial charge in [-0.05, 0) is 42.9 Å². The smallest absolute Gasteiger partial charge is 0.108 e.